The van der Waals surface area contributed by atoms with E-state index < -0.39 is 11.7 Å². The first-order chi connectivity index (χ1) is 9.80. The summed E-state index contributed by atoms with van der Waals surface area (Å²) in [4.78, 5) is 20.5. The van der Waals surface area contributed by atoms with Gasteiger partial charge in [0.15, 0.2) is 5.65 Å². The van der Waals surface area contributed by atoms with Crippen molar-refractivity contribution in [2.45, 2.75) is 32.9 Å². The Morgan fingerprint density at radius 3 is 2.90 bits per heavy atom. The van der Waals surface area contributed by atoms with Gasteiger partial charge in [-0.2, -0.15) is 0 Å². The lowest BCUT2D eigenvalue weighted by Gasteiger charge is -2.19. The highest BCUT2D eigenvalue weighted by Gasteiger charge is 2.16. The Kier molecular flexibility index (Phi) is 5.36. The molecule has 0 saturated heterocycles. The average Bonchev–Trinajstić information content (AvgIpc) is 2.71. The maximum atomic E-state index is 11.6. The summed E-state index contributed by atoms with van der Waals surface area (Å²) in [5, 5.41) is 2.67. The van der Waals surface area contributed by atoms with Crippen molar-refractivity contribution in [3.63, 3.8) is 0 Å². The summed E-state index contributed by atoms with van der Waals surface area (Å²) in [6, 6.07) is 0. The first-order valence-corrected chi connectivity index (χ1v) is 10.2. The summed E-state index contributed by atoms with van der Waals surface area (Å²) in [5.74, 6) is 0. The van der Waals surface area contributed by atoms with Crippen LogP contribution in [0.15, 0.2) is 16.9 Å². The van der Waals surface area contributed by atoms with Crippen molar-refractivity contribution in [2.24, 2.45) is 0 Å². The van der Waals surface area contributed by atoms with Crippen molar-refractivity contribution in [2.75, 3.05) is 0 Å². The molecule has 0 aromatic carbocycles. The molecule has 0 aliphatic rings. The molecule has 1 amide bonds. The summed E-state index contributed by atoms with van der Waals surface area (Å²) in [5.41, 5.74) is 1.70. The maximum absolute atomic E-state index is 11.6. The van der Waals surface area contributed by atoms with Gasteiger partial charge in [-0.25, -0.2) is 14.8 Å². The standard InChI is InChI=1S/C12H14BrIN4O2S/c1-12(2,3)20-11(19)16-5-7-4-15-10-9(17-7)8(13)6-18(10)21-14/h4,6H,5H2,1-3H3,(H,16,19). The van der Waals surface area contributed by atoms with E-state index in [2.05, 4.69) is 52.4 Å². The van der Waals surface area contributed by atoms with Crippen LogP contribution in [0.4, 0.5) is 4.79 Å². The van der Waals surface area contributed by atoms with Crippen LogP contribution in [0.25, 0.3) is 11.2 Å². The zero-order chi connectivity index (χ0) is 15.6. The van der Waals surface area contributed by atoms with Crippen LogP contribution in [0, 0.1) is 0 Å². The lowest BCUT2D eigenvalue weighted by atomic mass is 10.2. The summed E-state index contributed by atoms with van der Waals surface area (Å²) in [6.07, 6.45) is 3.09. The van der Waals surface area contributed by atoms with E-state index in [9.17, 15) is 4.79 Å². The average molecular weight is 485 g/mol. The molecule has 1 N–H and O–H groups in total. The lowest BCUT2D eigenvalue weighted by Crippen LogP contribution is -2.32. The molecule has 2 rings (SSSR count). The molecule has 0 bridgehead atoms. The summed E-state index contributed by atoms with van der Waals surface area (Å²) in [6.45, 7) is 5.73. The Balaban J connectivity index is 2.10. The van der Waals surface area contributed by atoms with Gasteiger partial charge in [-0.15, -0.1) is 0 Å². The van der Waals surface area contributed by atoms with Gasteiger partial charge >= 0.3 is 6.09 Å². The molecule has 21 heavy (non-hydrogen) atoms. The zero-order valence-electron chi connectivity index (χ0n) is 11.7. The summed E-state index contributed by atoms with van der Waals surface area (Å²) < 4.78 is 7.96. The molecule has 114 valence electrons. The Labute approximate surface area is 147 Å². The van der Waals surface area contributed by atoms with Crippen molar-refractivity contribution in [3.05, 3.63) is 22.6 Å². The van der Waals surface area contributed by atoms with Crippen LogP contribution >= 0.6 is 46.3 Å². The molecule has 0 fully saturated rings. The van der Waals surface area contributed by atoms with Gasteiger partial charge in [0.1, 0.15) is 11.1 Å². The van der Waals surface area contributed by atoms with Crippen LogP contribution in [0.3, 0.4) is 0 Å². The topological polar surface area (TPSA) is 69.0 Å². The predicted octanol–water partition coefficient (Wildman–Crippen LogP) is 4.06. The minimum absolute atomic E-state index is 0.271. The number of carbonyl (C=O) groups is 1. The predicted molar refractivity (Wildman–Crippen MR) is 95.3 cm³/mol. The molecule has 2 aromatic heterocycles. The number of rotatable bonds is 3. The molecule has 2 aromatic rings. The van der Waals surface area contributed by atoms with Gasteiger partial charge in [0.05, 0.1) is 22.9 Å². The molecule has 0 atom stereocenters. The van der Waals surface area contributed by atoms with Gasteiger partial charge < -0.3 is 10.1 Å². The zero-order valence-corrected chi connectivity index (χ0v) is 16.2. The number of hydrogen-bond acceptors (Lipinski definition) is 5. The number of alkyl carbamates (subject to hydrolysis) is 1. The van der Waals surface area contributed by atoms with E-state index in [4.69, 9.17) is 4.74 Å². The molecule has 2 heterocycles. The molecule has 0 spiro atoms. The van der Waals surface area contributed by atoms with E-state index in [-0.39, 0.29) is 6.54 Å². The highest BCUT2D eigenvalue weighted by molar-refractivity contribution is 14.2. The fourth-order valence-electron chi connectivity index (χ4n) is 1.58. The van der Waals surface area contributed by atoms with Gasteiger partial charge in [-0.1, -0.05) is 0 Å². The number of nitrogens with zero attached hydrogens (tertiary/aromatic N) is 3. The summed E-state index contributed by atoms with van der Waals surface area (Å²) in [7, 11) is 1.51. The van der Waals surface area contributed by atoms with Crippen LogP contribution < -0.4 is 5.32 Å². The third-order valence-corrected chi connectivity index (χ3v) is 4.64. The summed E-state index contributed by atoms with van der Waals surface area (Å²) >= 11 is 5.64. The van der Waals surface area contributed by atoms with Gasteiger partial charge in [0.2, 0.25) is 0 Å². The number of ether oxygens (including phenoxy) is 1. The number of halogens is 2. The van der Waals surface area contributed by atoms with Gasteiger partial charge in [0, 0.05) is 36.5 Å². The smallest absolute Gasteiger partial charge is 0.407 e. The highest BCUT2D eigenvalue weighted by Crippen LogP contribution is 2.29. The lowest BCUT2D eigenvalue weighted by molar-refractivity contribution is 0.0523. The van der Waals surface area contributed by atoms with E-state index in [1.54, 1.807) is 6.20 Å². The van der Waals surface area contributed by atoms with Crippen LogP contribution in [0.5, 0.6) is 0 Å². The minimum atomic E-state index is -0.516. The van der Waals surface area contributed by atoms with E-state index in [1.807, 2.05) is 30.9 Å². The maximum Gasteiger partial charge on any atom is 0.407 e. The molecule has 0 unspecified atom stereocenters. The van der Waals surface area contributed by atoms with Gasteiger partial charge in [-0.05, 0) is 36.7 Å². The number of hydrogen-bond donors (Lipinski definition) is 1. The van der Waals surface area contributed by atoms with Gasteiger partial charge in [-0.3, -0.25) is 3.97 Å². The van der Waals surface area contributed by atoms with E-state index in [0.29, 0.717) is 5.69 Å². The number of nitrogens with one attached hydrogen (secondary N) is 1. The molecule has 0 radical (unpaired) electrons. The second-order valence-corrected chi connectivity index (χ2v) is 7.83. The first kappa shape index (κ1) is 16.8. The number of carbonyl (C=O) groups excluding carboxylic acids is 1. The third kappa shape index (κ3) is 4.46. The third-order valence-electron chi connectivity index (χ3n) is 2.36. The largest absolute Gasteiger partial charge is 0.444 e. The van der Waals surface area contributed by atoms with Crippen molar-refractivity contribution in [1.29, 1.82) is 0 Å². The monoisotopic (exact) mass is 484 g/mol. The fraction of sp³-hybridized carbons (Fsp3) is 0.417. The second-order valence-electron chi connectivity index (χ2n) is 5.26. The van der Waals surface area contributed by atoms with Crippen LogP contribution in [0.2, 0.25) is 0 Å². The molecule has 0 aliphatic carbocycles. The van der Waals surface area contributed by atoms with E-state index in [0.717, 1.165) is 15.6 Å². The van der Waals surface area contributed by atoms with Crippen molar-refractivity contribution in [3.8, 4) is 0 Å². The first-order valence-electron chi connectivity index (χ1n) is 6.08. The van der Waals surface area contributed by atoms with Crippen LogP contribution in [-0.4, -0.2) is 25.6 Å². The van der Waals surface area contributed by atoms with Crippen molar-refractivity contribution in [1.82, 2.24) is 19.3 Å². The quantitative estimate of drug-likeness (QED) is 0.665. The van der Waals surface area contributed by atoms with Crippen LogP contribution in [0.1, 0.15) is 26.5 Å². The Hall–Kier alpha value is -0.550. The molecule has 0 saturated carbocycles. The molecule has 9 heteroatoms. The van der Waals surface area contributed by atoms with E-state index in [1.165, 1.54) is 9.12 Å². The molecule has 6 nitrogen and oxygen atoms in total. The fourth-order valence-corrected chi connectivity index (χ4v) is 3.43. The molecular formula is C12H14BrIN4O2S. The number of aromatic nitrogens is 3. The van der Waals surface area contributed by atoms with Crippen LogP contribution in [-0.2, 0) is 11.3 Å². The Morgan fingerprint density at radius 1 is 1.57 bits per heavy atom. The molecule has 0 aliphatic heterocycles. The SMILES string of the molecule is CC(C)(C)OC(=O)NCc1cnc2c(n1)c(Br)cn2SI. The Bertz CT molecular complexity index is 671. The number of fused-ring (bicyclic) bond motifs is 1. The Morgan fingerprint density at radius 2 is 2.29 bits per heavy atom. The second kappa shape index (κ2) is 6.69. The number of amides is 1. The normalized spacial score (nSPS) is 11.7. The van der Waals surface area contributed by atoms with Crippen molar-refractivity contribution >= 4 is 63.5 Å². The minimum Gasteiger partial charge on any atom is -0.444 e. The van der Waals surface area contributed by atoms with E-state index >= 15 is 0 Å². The van der Waals surface area contributed by atoms with Crippen molar-refractivity contribution < 1.29 is 9.53 Å². The molecular weight excluding hydrogens is 471 g/mol. The van der Waals surface area contributed by atoms with Gasteiger partial charge in [0.25, 0.3) is 0 Å². The highest BCUT2D eigenvalue weighted by atomic mass is 127.